The zero-order chi connectivity index (χ0) is 12.4. The van der Waals surface area contributed by atoms with Crippen LogP contribution < -0.4 is 10.2 Å². The van der Waals surface area contributed by atoms with Crippen molar-refractivity contribution in [2.24, 2.45) is 0 Å². The quantitative estimate of drug-likeness (QED) is 0.856. The van der Waals surface area contributed by atoms with Crippen molar-refractivity contribution in [3.63, 3.8) is 0 Å². The molecule has 0 aliphatic carbocycles. The van der Waals surface area contributed by atoms with Crippen LogP contribution in [0.15, 0.2) is 12.1 Å². The number of nitrogens with one attached hydrogen (secondary N) is 1. The maximum Gasteiger partial charge on any atom is 0.221 e. The first-order valence-electron chi connectivity index (χ1n) is 5.90. The van der Waals surface area contributed by atoms with E-state index in [0.717, 1.165) is 42.9 Å². The van der Waals surface area contributed by atoms with Crippen molar-refractivity contribution in [2.45, 2.75) is 26.7 Å². The zero-order valence-corrected chi connectivity index (χ0v) is 10.2. The van der Waals surface area contributed by atoms with Gasteiger partial charge in [0.05, 0.1) is 11.4 Å². The molecule has 1 fully saturated rings. The molecule has 1 aliphatic rings. The summed E-state index contributed by atoms with van der Waals surface area (Å²) in [5.74, 6) is -0.376. The molecule has 0 unspecified atom stereocenters. The fourth-order valence-electron chi connectivity index (χ4n) is 2.27. The summed E-state index contributed by atoms with van der Waals surface area (Å²) in [5, 5.41) is 2.80. The van der Waals surface area contributed by atoms with Gasteiger partial charge in [0.25, 0.3) is 0 Å². The van der Waals surface area contributed by atoms with Crippen molar-refractivity contribution in [1.29, 1.82) is 0 Å². The van der Waals surface area contributed by atoms with Gasteiger partial charge in [-0.05, 0) is 37.5 Å². The number of carbonyl (C=O) groups excluding carboxylic acids is 1. The zero-order valence-electron chi connectivity index (χ0n) is 10.2. The molecule has 0 bridgehead atoms. The van der Waals surface area contributed by atoms with E-state index in [-0.39, 0.29) is 11.7 Å². The molecule has 1 aromatic carbocycles. The summed E-state index contributed by atoms with van der Waals surface area (Å²) >= 11 is 0. The molecule has 1 amide bonds. The van der Waals surface area contributed by atoms with E-state index in [1.54, 1.807) is 0 Å². The predicted octanol–water partition coefficient (Wildman–Crippen LogP) is 2.69. The molecule has 92 valence electrons. The molecule has 0 saturated carbocycles. The Bertz CT molecular complexity index is 439. The van der Waals surface area contributed by atoms with Gasteiger partial charge >= 0.3 is 0 Å². The lowest BCUT2D eigenvalue weighted by molar-refractivity contribution is -0.114. The molecule has 0 aromatic heterocycles. The molecule has 1 N–H and O–H groups in total. The van der Waals surface area contributed by atoms with Crippen LogP contribution >= 0.6 is 0 Å². The molecule has 4 heteroatoms. The van der Waals surface area contributed by atoms with Crippen molar-refractivity contribution in [2.75, 3.05) is 23.3 Å². The average Bonchev–Trinajstić information content (AvgIpc) is 2.74. The number of nitrogens with zero attached hydrogens (tertiary/aromatic N) is 1. The molecular formula is C13H17FN2O. The minimum atomic E-state index is -0.251. The van der Waals surface area contributed by atoms with Gasteiger partial charge in [0.15, 0.2) is 0 Å². The largest absolute Gasteiger partial charge is 0.370 e. The Morgan fingerprint density at radius 2 is 2.00 bits per heavy atom. The standard InChI is InChI=1S/C13H17FN2O/c1-9-7-11(14)8-12(13(9)15-10(2)17)16-5-3-4-6-16/h7-8H,3-6H2,1-2H3,(H,15,17). The van der Waals surface area contributed by atoms with E-state index in [1.165, 1.54) is 19.1 Å². The number of carbonyl (C=O) groups is 1. The lowest BCUT2D eigenvalue weighted by Crippen LogP contribution is -2.21. The molecule has 1 aliphatic heterocycles. The average molecular weight is 236 g/mol. The Morgan fingerprint density at radius 3 is 2.59 bits per heavy atom. The second-order valence-electron chi connectivity index (χ2n) is 4.49. The van der Waals surface area contributed by atoms with Crippen LogP contribution in [0.5, 0.6) is 0 Å². The van der Waals surface area contributed by atoms with Crippen LogP contribution in [-0.4, -0.2) is 19.0 Å². The lowest BCUT2D eigenvalue weighted by Gasteiger charge is -2.23. The van der Waals surface area contributed by atoms with Gasteiger partial charge in [0, 0.05) is 20.0 Å². The van der Waals surface area contributed by atoms with Gasteiger partial charge in [0.2, 0.25) is 5.91 Å². The third kappa shape index (κ3) is 2.57. The molecule has 1 heterocycles. The number of hydrogen-bond acceptors (Lipinski definition) is 2. The highest BCUT2D eigenvalue weighted by Gasteiger charge is 2.18. The van der Waals surface area contributed by atoms with E-state index in [1.807, 2.05) is 6.92 Å². The third-order valence-corrected chi connectivity index (χ3v) is 3.03. The number of halogens is 1. The smallest absolute Gasteiger partial charge is 0.221 e. The monoisotopic (exact) mass is 236 g/mol. The SMILES string of the molecule is CC(=O)Nc1c(C)cc(F)cc1N1CCCC1. The van der Waals surface area contributed by atoms with Crippen molar-refractivity contribution in [3.8, 4) is 0 Å². The van der Waals surface area contributed by atoms with Gasteiger partial charge in [-0.2, -0.15) is 0 Å². The molecule has 0 atom stereocenters. The predicted molar refractivity (Wildman–Crippen MR) is 66.9 cm³/mol. The fourth-order valence-corrected chi connectivity index (χ4v) is 2.27. The van der Waals surface area contributed by atoms with Crippen molar-refractivity contribution in [1.82, 2.24) is 0 Å². The molecule has 2 rings (SSSR count). The second-order valence-corrected chi connectivity index (χ2v) is 4.49. The van der Waals surface area contributed by atoms with Crippen molar-refractivity contribution >= 4 is 17.3 Å². The number of aryl methyl sites for hydroxylation is 1. The highest BCUT2D eigenvalue weighted by atomic mass is 19.1. The Labute approximate surface area is 101 Å². The maximum absolute atomic E-state index is 13.5. The molecule has 0 spiro atoms. The summed E-state index contributed by atoms with van der Waals surface area (Å²) in [5.41, 5.74) is 2.30. The van der Waals surface area contributed by atoms with Crippen LogP contribution in [0.4, 0.5) is 15.8 Å². The van der Waals surface area contributed by atoms with Crippen LogP contribution in [0.2, 0.25) is 0 Å². The molecule has 0 radical (unpaired) electrons. The van der Waals surface area contributed by atoms with Gasteiger partial charge in [-0.15, -0.1) is 0 Å². The molecule has 3 nitrogen and oxygen atoms in total. The Morgan fingerprint density at radius 1 is 1.35 bits per heavy atom. The third-order valence-electron chi connectivity index (χ3n) is 3.03. The van der Waals surface area contributed by atoms with Gasteiger partial charge in [-0.1, -0.05) is 0 Å². The normalized spacial score (nSPS) is 15.1. The van der Waals surface area contributed by atoms with E-state index >= 15 is 0 Å². The van der Waals surface area contributed by atoms with Crippen molar-refractivity contribution < 1.29 is 9.18 Å². The molecule has 1 aromatic rings. The minimum Gasteiger partial charge on any atom is -0.370 e. The summed E-state index contributed by atoms with van der Waals surface area (Å²) < 4.78 is 13.5. The number of hydrogen-bond donors (Lipinski definition) is 1. The highest BCUT2D eigenvalue weighted by molar-refractivity contribution is 5.94. The number of rotatable bonds is 2. The number of amides is 1. The van der Waals surface area contributed by atoms with Crippen LogP contribution in [-0.2, 0) is 4.79 Å². The molecule has 1 saturated heterocycles. The first kappa shape index (κ1) is 11.9. The Balaban J connectivity index is 2.42. The molecular weight excluding hydrogens is 219 g/mol. The summed E-state index contributed by atoms with van der Waals surface area (Å²) in [6.45, 7) is 5.13. The van der Waals surface area contributed by atoms with Gasteiger partial charge in [-0.25, -0.2) is 4.39 Å². The van der Waals surface area contributed by atoms with E-state index in [9.17, 15) is 9.18 Å². The minimum absolute atomic E-state index is 0.125. The van der Waals surface area contributed by atoms with Crippen LogP contribution in [0.1, 0.15) is 25.3 Å². The van der Waals surface area contributed by atoms with E-state index in [0.29, 0.717) is 0 Å². The van der Waals surface area contributed by atoms with Gasteiger partial charge in [0.1, 0.15) is 5.82 Å². The van der Waals surface area contributed by atoms with Crippen molar-refractivity contribution in [3.05, 3.63) is 23.5 Å². The Hall–Kier alpha value is -1.58. The maximum atomic E-state index is 13.5. The number of anilines is 2. The van der Waals surface area contributed by atoms with Crippen LogP contribution in [0, 0.1) is 12.7 Å². The second kappa shape index (κ2) is 4.73. The summed E-state index contributed by atoms with van der Waals surface area (Å²) in [7, 11) is 0. The highest BCUT2D eigenvalue weighted by Crippen LogP contribution is 2.32. The summed E-state index contributed by atoms with van der Waals surface area (Å²) in [4.78, 5) is 13.3. The van der Waals surface area contributed by atoms with E-state index in [2.05, 4.69) is 10.2 Å². The topological polar surface area (TPSA) is 32.3 Å². The first-order valence-corrected chi connectivity index (χ1v) is 5.90. The molecule has 17 heavy (non-hydrogen) atoms. The van der Waals surface area contributed by atoms with E-state index < -0.39 is 0 Å². The Kier molecular flexibility index (Phi) is 3.31. The summed E-state index contributed by atoms with van der Waals surface area (Å²) in [6, 6.07) is 2.95. The van der Waals surface area contributed by atoms with Gasteiger partial charge < -0.3 is 10.2 Å². The number of benzene rings is 1. The van der Waals surface area contributed by atoms with Crippen LogP contribution in [0.25, 0.3) is 0 Å². The van der Waals surface area contributed by atoms with E-state index in [4.69, 9.17) is 0 Å². The first-order chi connectivity index (χ1) is 8.08. The lowest BCUT2D eigenvalue weighted by atomic mass is 10.1. The summed E-state index contributed by atoms with van der Waals surface area (Å²) in [6.07, 6.45) is 2.24. The van der Waals surface area contributed by atoms with Gasteiger partial charge in [-0.3, -0.25) is 4.79 Å². The van der Waals surface area contributed by atoms with Crippen LogP contribution in [0.3, 0.4) is 0 Å². The fraction of sp³-hybridized carbons (Fsp3) is 0.462.